The molecule has 0 bridgehead atoms. The lowest BCUT2D eigenvalue weighted by atomic mass is 9.81. The molecule has 2 heterocycles. The van der Waals surface area contributed by atoms with Crippen LogP contribution in [-0.2, 0) is 14.3 Å². The molecule has 1 aromatic heterocycles. The third-order valence-electron chi connectivity index (χ3n) is 9.51. The second-order valence-electron chi connectivity index (χ2n) is 12.4. The maximum atomic E-state index is 14.4. The molecule has 3 aliphatic rings. The number of thiophene rings is 1. The highest BCUT2D eigenvalue weighted by Gasteiger charge is 2.39. The minimum Gasteiger partial charge on any atom is -0.431 e. The van der Waals surface area contributed by atoms with Crippen molar-refractivity contribution in [3.8, 4) is 10.4 Å². The molecule has 2 aromatic rings. The summed E-state index contributed by atoms with van der Waals surface area (Å²) in [6.45, 7) is 9.40. The molecule has 2 amide bonds. The van der Waals surface area contributed by atoms with Gasteiger partial charge in [-0.1, -0.05) is 50.8 Å². The summed E-state index contributed by atoms with van der Waals surface area (Å²) in [5.41, 5.74) is 1.40. The van der Waals surface area contributed by atoms with E-state index in [0.717, 1.165) is 68.1 Å². The molecule has 5 rings (SSSR count). The smallest absolute Gasteiger partial charge is 0.345 e. The van der Waals surface area contributed by atoms with Crippen molar-refractivity contribution >= 4 is 34.1 Å². The van der Waals surface area contributed by atoms with Crippen LogP contribution in [-0.4, -0.2) is 41.8 Å². The minimum atomic E-state index is -0.498. The largest absolute Gasteiger partial charge is 0.431 e. The van der Waals surface area contributed by atoms with Crippen molar-refractivity contribution in [3.63, 3.8) is 0 Å². The number of benzene rings is 1. The summed E-state index contributed by atoms with van der Waals surface area (Å²) in [6.07, 6.45) is 10.6. The normalized spacial score (nSPS) is 25.4. The Balaban J connectivity index is 1.43. The van der Waals surface area contributed by atoms with Crippen LogP contribution < -0.4 is 4.90 Å². The molecule has 1 saturated heterocycles. The van der Waals surface area contributed by atoms with Crippen LogP contribution in [0.1, 0.15) is 88.4 Å². The van der Waals surface area contributed by atoms with Gasteiger partial charge in [0.2, 0.25) is 11.8 Å². The van der Waals surface area contributed by atoms with E-state index in [1.54, 1.807) is 0 Å². The van der Waals surface area contributed by atoms with Crippen molar-refractivity contribution in [2.45, 2.75) is 84.1 Å². The second-order valence-corrected chi connectivity index (χ2v) is 13.5. The Morgan fingerprint density at radius 3 is 2.05 bits per heavy atom. The summed E-state index contributed by atoms with van der Waals surface area (Å²) in [4.78, 5) is 45.8. The van der Waals surface area contributed by atoms with Crippen molar-refractivity contribution in [3.05, 3.63) is 54.8 Å². The van der Waals surface area contributed by atoms with Crippen LogP contribution in [0.3, 0.4) is 0 Å². The second kappa shape index (κ2) is 13.4. The third kappa shape index (κ3) is 6.77. The monoisotopic (exact) mass is 576 g/mol. The Kier molecular flexibility index (Phi) is 9.64. The van der Waals surface area contributed by atoms with E-state index >= 15 is 0 Å². The van der Waals surface area contributed by atoms with Gasteiger partial charge in [0, 0.05) is 35.8 Å². The van der Waals surface area contributed by atoms with Crippen molar-refractivity contribution in [1.82, 2.24) is 4.90 Å². The molecule has 7 heteroatoms. The Morgan fingerprint density at radius 2 is 1.46 bits per heavy atom. The molecule has 0 spiro atoms. The van der Waals surface area contributed by atoms with E-state index in [-0.39, 0.29) is 29.7 Å². The topological polar surface area (TPSA) is 66.9 Å². The lowest BCUT2D eigenvalue weighted by molar-refractivity contribution is -0.137. The minimum absolute atomic E-state index is 0.0550. The molecular weight excluding hydrogens is 532 g/mol. The number of likely N-dealkylation sites (tertiary alicyclic amines) is 1. The highest BCUT2D eigenvalue weighted by atomic mass is 32.1. The molecule has 2 saturated carbocycles. The number of nitrogens with zero attached hydrogens (tertiary/aromatic N) is 2. The first kappa shape index (κ1) is 29.6. The molecule has 1 aliphatic heterocycles. The number of hydrogen-bond acceptors (Lipinski definition) is 5. The number of hydrogen-bond donors (Lipinski definition) is 0. The summed E-state index contributed by atoms with van der Waals surface area (Å²) >= 11 is 1.48. The SMILES string of the molecule is C=COC(=O)c1cc(-c2ccccc2)sc1N(C(=O)C1CCC(C)CC1)C1CCN(C(=O)C2CCC(C)CC2)CC1. The van der Waals surface area contributed by atoms with Crippen molar-refractivity contribution < 1.29 is 19.1 Å². The lowest BCUT2D eigenvalue weighted by Crippen LogP contribution is -2.52. The fourth-order valence-electron chi connectivity index (χ4n) is 6.85. The van der Waals surface area contributed by atoms with E-state index in [0.29, 0.717) is 48.3 Å². The van der Waals surface area contributed by atoms with Gasteiger partial charge in [0.1, 0.15) is 5.00 Å². The Bertz CT molecular complexity index is 1220. The standard InChI is InChI=1S/C34H44N2O4S/c1-4-40-34(39)29-22-30(25-8-6-5-7-9-25)41-33(29)36(32(38)27-16-12-24(3)13-17-27)28-18-20-35(21-19-28)31(37)26-14-10-23(2)11-15-26/h4-9,22-24,26-28H,1,10-21H2,2-3H3. The van der Waals surface area contributed by atoms with Gasteiger partial charge in [-0.25, -0.2) is 4.79 Å². The Hall–Kier alpha value is -2.93. The van der Waals surface area contributed by atoms with E-state index in [1.165, 1.54) is 11.3 Å². The summed E-state index contributed by atoms with van der Waals surface area (Å²) < 4.78 is 5.26. The van der Waals surface area contributed by atoms with Crippen LogP contribution in [0.4, 0.5) is 5.00 Å². The van der Waals surface area contributed by atoms with Gasteiger partial charge in [-0.3, -0.25) is 14.5 Å². The molecule has 41 heavy (non-hydrogen) atoms. The number of carbonyl (C=O) groups is 3. The predicted molar refractivity (Wildman–Crippen MR) is 165 cm³/mol. The molecule has 0 atom stereocenters. The highest BCUT2D eigenvalue weighted by molar-refractivity contribution is 7.20. The summed E-state index contributed by atoms with van der Waals surface area (Å²) in [7, 11) is 0. The van der Waals surface area contributed by atoms with E-state index < -0.39 is 5.97 Å². The van der Waals surface area contributed by atoms with Gasteiger partial charge < -0.3 is 9.64 Å². The number of piperidine rings is 1. The fourth-order valence-corrected chi connectivity index (χ4v) is 8.08. The number of esters is 1. The third-order valence-corrected chi connectivity index (χ3v) is 10.7. The van der Waals surface area contributed by atoms with E-state index in [2.05, 4.69) is 20.4 Å². The maximum Gasteiger partial charge on any atom is 0.345 e. The lowest BCUT2D eigenvalue weighted by Gasteiger charge is -2.41. The molecule has 0 unspecified atom stereocenters. The van der Waals surface area contributed by atoms with Crippen LogP contribution in [0.25, 0.3) is 10.4 Å². The van der Waals surface area contributed by atoms with Crippen LogP contribution in [0.15, 0.2) is 49.2 Å². The maximum absolute atomic E-state index is 14.4. The molecule has 2 aliphatic carbocycles. The molecule has 0 radical (unpaired) electrons. The van der Waals surface area contributed by atoms with Crippen LogP contribution >= 0.6 is 11.3 Å². The number of ether oxygens (including phenoxy) is 1. The van der Waals surface area contributed by atoms with E-state index in [4.69, 9.17) is 4.74 Å². The average molecular weight is 577 g/mol. The van der Waals surface area contributed by atoms with Crippen molar-refractivity contribution in [2.75, 3.05) is 18.0 Å². The Labute approximate surface area is 248 Å². The predicted octanol–water partition coefficient (Wildman–Crippen LogP) is 7.69. The zero-order valence-corrected chi connectivity index (χ0v) is 25.4. The van der Waals surface area contributed by atoms with E-state index in [9.17, 15) is 14.4 Å². The van der Waals surface area contributed by atoms with Gasteiger partial charge >= 0.3 is 5.97 Å². The molecule has 1 aromatic carbocycles. The fraction of sp³-hybridized carbons (Fsp3) is 0.559. The van der Waals surface area contributed by atoms with Crippen LogP contribution in [0.5, 0.6) is 0 Å². The highest BCUT2D eigenvalue weighted by Crippen LogP contribution is 2.42. The Morgan fingerprint density at radius 1 is 0.878 bits per heavy atom. The van der Waals surface area contributed by atoms with Crippen LogP contribution in [0, 0.1) is 23.7 Å². The van der Waals surface area contributed by atoms with Gasteiger partial charge in [0.15, 0.2) is 0 Å². The average Bonchev–Trinajstić information content (AvgIpc) is 3.44. The number of amides is 2. The molecular formula is C34H44N2O4S. The van der Waals surface area contributed by atoms with Crippen molar-refractivity contribution in [2.24, 2.45) is 23.7 Å². The van der Waals surface area contributed by atoms with Gasteiger partial charge in [0.05, 0.1) is 11.8 Å². The summed E-state index contributed by atoms with van der Waals surface area (Å²) in [5.74, 6) is 1.32. The number of carbonyl (C=O) groups excluding carboxylic acids is 3. The first-order valence-electron chi connectivity index (χ1n) is 15.5. The zero-order valence-electron chi connectivity index (χ0n) is 24.6. The van der Waals surface area contributed by atoms with Crippen molar-refractivity contribution in [1.29, 1.82) is 0 Å². The van der Waals surface area contributed by atoms with Gasteiger partial charge in [-0.05, 0) is 87.7 Å². The molecule has 3 fully saturated rings. The number of rotatable bonds is 7. The molecule has 6 nitrogen and oxygen atoms in total. The molecule has 0 N–H and O–H groups in total. The first-order valence-corrected chi connectivity index (χ1v) is 16.3. The quantitative estimate of drug-likeness (QED) is 0.250. The summed E-state index contributed by atoms with van der Waals surface area (Å²) in [5, 5.41) is 0.658. The summed E-state index contributed by atoms with van der Waals surface area (Å²) in [6, 6.07) is 11.7. The molecule has 220 valence electrons. The zero-order chi connectivity index (χ0) is 28.9. The van der Waals surface area contributed by atoms with Gasteiger partial charge in [-0.2, -0.15) is 0 Å². The first-order chi connectivity index (χ1) is 19.9. The van der Waals surface area contributed by atoms with Gasteiger partial charge in [0.25, 0.3) is 0 Å². The van der Waals surface area contributed by atoms with E-state index in [1.807, 2.05) is 46.2 Å². The van der Waals surface area contributed by atoms with Crippen LogP contribution in [0.2, 0.25) is 0 Å². The van der Waals surface area contributed by atoms with Gasteiger partial charge in [-0.15, -0.1) is 11.3 Å². The number of anilines is 1.